The van der Waals surface area contributed by atoms with Gasteiger partial charge in [-0.25, -0.2) is 0 Å². The van der Waals surface area contributed by atoms with Gasteiger partial charge in [-0.1, -0.05) is 20.8 Å². The summed E-state index contributed by atoms with van der Waals surface area (Å²) in [4.78, 5) is 39.6. The molecule has 1 saturated carbocycles. The Bertz CT molecular complexity index is 564. The van der Waals surface area contributed by atoms with Crippen LogP contribution in [0.15, 0.2) is 12.2 Å². The number of imide groups is 1. The number of likely N-dealkylation sites (tertiary alicyclic amines) is 1. The maximum atomic E-state index is 12.8. The highest BCUT2D eigenvalue weighted by Crippen LogP contribution is 2.36. The molecule has 0 spiro atoms. The Morgan fingerprint density at radius 3 is 2.16 bits per heavy atom. The maximum absolute atomic E-state index is 12.8. The van der Waals surface area contributed by atoms with Gasteiger partial charge in [0.05, 0.1) is 0 Å². The van der Waals surface area contributed by atoms with E-state index in [4.69, 9.17) is 0 Å². The SMILES string of the molecule is CC(C)(C)[C@@H]1CCN(C(=O)C2CCC(CN3C(=O)C=CC3=O)CC2)C1. The fourth-order valence-corrected chi connectivity index (χ4v) is 4.39. The average Bonchev–Trinajstić information content (AvgIpc) is 3.17. The summed E-state index contributed by atoms with van der Waals surface area (Å²) in [6, 6.07) is 0. The van der Waals surface area contributed by atoms with Crippen LogP contribution in [0.2, 0.25) is 0 Å². The quantitative estimate of drug-likeness (QED) is 0.738. The van der Waals surface area contributed by atoms with Crippen LogP contribution < -0.4 is 0 Å². The van der Waals surface area contributed by atoms with Crippen LogP contribution in [0.25, 0.3) is 0 Å². The van der Waals surface area contributed by atoms with E-state index in [9.17, 15) is 14.4 Å². The monoisotopic (exact) mass is 346 g/mol. The fourth-order valence-electron chi connectivity index (χ4n) is 4.39. The summed E-state index contributed by atoms with van der Waals surface area (Å²) < 4.78 is 0. The van der Waals surface area contributed by atoms with Gasteiger partial charge in [-0.05, 0) is 49.4 Å². The topological polar surface area (TPSA) is 57.7 Å². The largest absolute Gasteiger partial charge is 0.342 e. The molecule has 0 bridgehead atoms. The van der Waals surface area contributed by atoms with Crippen molar-refractivity contribution in [1.82, 2.24) is 9.80 Å². The van der Waals surface area contributed by atoms with Crippen molar-refractivity contribution in [1.29, 1.82) is 0 Å². The van der Waals surface area contributed by atoms with Gasteiger partial charge < -0.3 is 4.90 Å². The molecule has 3 rings (SSSR count). The number of nitrogens with zero attached hydrogens (tertiary/aromatic N) is 2. The van der Waals surface area contributed by atoms with E-state index >= 15 is 0 Å². The van der Waals surface area contributed by atoms with Crippen LogP contribution in [0.5, 0.6) is 0 Å². The predicted octanol–water partition coefficient (Wildman–Crippen LogP) is 2.61. The molecule has 0 aromatic heterocycles. The van der Waals surface area contributed by atoms with E-state index in [0.29, 0.717) is 24.3 Å². The fraction of sp³-hybridized carbons (Fsp3) is 0.750. The van der Waals surface area contributed by atoms with E-state index in [1.807, 2.05) is 0 Å². The lowest BCUT2D eigenvalue weighted by Gasteiger charge is -2.32. The van der Waals surface area contributed by atoms with Crippen LogP contribution in [0, 0.1) is 23.2 Å². The Morgan fingerprint density at radius 1 is 1.04 bits per heavy atom. The molecule has 0 aromatic rings. The summed E-state index contributed by atoms with van der Waals surface area (Å²) in [5.74, 6) is 0.963. The van der Waals surface area contributed by atoms with E-state index in [1.54, 1.807) is 0 Å². The first-order valence-electron chi connectivity index (χ1n) is 9.58. The number of carbonyl (C=O) groups excluding carboxylic acids is 3. The van der Waals surface area contributed by atoms with Gasteiger partial charge in [-0.15, -0.1) is 0 Å². The highest BCUT2D eigenvalue weighted by atomic mass is 16.2. The molecule has 0 unspecified atom stereocenters. The molecule has 3 amide bonds. The molecule has 3 aliphatic rings. The molecule has 138 valence electrons. The van der Waals surface area contributed by atoms with E-state index in [0.717, 1.165) is 45.2 Å². The summed E-state index contributed by atoms with van der Waals surface area (Å²) in [5, 5.41) is 0. The molecule has 1 saturated heterocycles. The molecule has 0 aromatic carbocycles. The lowest BCUT2D eigenvalue weighted by molar-refractivity contribution is -0.139. The zero-order chi connectivity index (χ0) is 18.2. The molecule has 5 heteroatoms. The van der Waals surface area contributed by atoms with Crippen LogP contribution in [0.4, 0.5) is 0 Å². The summed E-state index contributed by atoms with van der Waals surface area (Å²) in [6.45, 7) is 9.06. The van der Waals surface area contributed by atoms with Crippen LogP contribution >= 0.6 is 0 Å². The van der Waals surface area contributed by atoms with Gasteiger partial charge in [-0.3, -0.25) is 19.3 Å². The van der Waals surface area contributed by atoms with Gasteiger partial charge in [0.2, 0.25) is 5.91 Å². The summed E-state index contributed by atoms with van der Waals surface area (Å²) in [7, 11) is 0. The lowest BCUT2D eigenvalue weighted by atomic mass is 9.80. The Balaban J connectivity index is 1.47. The first-order chi connectivity index (χ1) is 11.8. The summed E-state index contributed by atoms with van der Waals surface area (Å²) >= 11 is 0. The first-order valence-corrected chi connectivity index (χ1v) is 9.58. The van der Waals surface area contributed by atoms with Gasteiger partial charge in [0.25, 0.3) is 11.8 Å². The zero-order valence-electron chi connectivity index (χ0n) is 15.7. The molecule has 25 heavy (non-hydrogen) atoms. The van der Waals surface area contributed by atoms with E-state index in [-0.39, 0.29) is 23.1 Å². The Kier molecular flexibility index (Phi) is 5.03. The van der Waals surface area contributed by atoms with Crippen molar-refractivity contribution in [2.45, 2.75) is 52.9 Å². The van der Waals surface area contributed by atoms with Gasteiger partial charge in [-0.2, -0.15) is 0 Å². The van der Waals surface area contributed by atoms with Crippen molar-refractivity contribution in [2.24, 2.45) is 23.2 Å². The number of carbonyl (C=O) groups is 3. The minimum absolute atomic E-state index is 0.123. The second kappa shape index (κ2) is 6.93. The standard InChI is InChI=1S/C20H30N2O3/c1-20(2,3)16-10-11-21(13-16)19(25)15-6-4-14(5-7-15)12-22-17(23)8-9-18(22)24/h8-9,14-16H,4-7,10-13H2,1-3H3/t14?,15?,16-/m1/s1. The zero-order valence-corrected chi connectivity index (χ0v) is 15.7. The van der Waals surface area contributed by atoms with Crippen LogP contribution in [0.3, 0.4) is 0 Å². The average molecular weight is 346 g/mol. The molecule has 1 aliphatic carbocycles. The maximum Gasteiger partial charge on any atom is 0.253 e. The molecule has 0 N–H and O–H groups in total. The molecule has 1 atom stereocenters. The van der Waals surface area contributed by atoms with E-state index in [1.165, 1.54) is 17.1 Å². The Labute approximate surface area is 150 Å². The van der Waals surface area contributed by atoms with E-state index in [2.05, 4.69) is 25.7 Å². The summed E-state index contributed by atoms with van der Waals surface area (Å²) in [6.07, 6.45) is 7.39. The highest BCUT2D eigenvalue weighted by Gasteiger charge is 2.37. The normalized spacial score (nSPS) is 30.4. The number of rotatable bonds is 3. The second-order valence-electron chi connectivity index (χ2n) is 8.97. The predicted molar refractivity (Wildman–Crippen MR) is 95.5 cm³/mol. The third-order valence-electron chi connectivity index (χ3n) is 6.26. The van der Waals surface area contributed by atoms with Gasteiger partial charge in [0, 0.05) is 37.7 Å². The van der Waals surface area contributed by atoms with Crippen molar-refractivity contribution < 1.29 is 14.4 Å². The lowest BCUT2D eigenvalue weighted by Crippen LogP contribution is -2.39. The number of amides is 3. The van der Waals surface area contributed by atoms with Crippen molar-refractivity contribution in [3.63, 3.8) is 0 Å². The van der Waals surface area contributed by atoms with Crippen molar-refractivity contribution in [3.8, 4) is 0 Å². The van der Waals surface area contributed by atoms with Crippen molar-refractivity contribution in [3.05, 3.63) is 12.2 Å². The van der Waals surface area contributed by atoms with Crippen LogP contribution in [-0.2, 0) is 14.4 Å². The van der Waals surface area contributed by atoms with Gasteiger partial charge >= 0.3 is 0 Å². The third-order valence-corrected chi connectivity index (χ3v) is 6.26. The Hall–Kier alpha value is -1.65. The van der Waals surface area contributed by atoms with Gasteiger partial charge in [0.15, 0.2) is 0 Å². The molecular formula is C20H30N2O3. The smallest absolute Gasteiger partial charge is 0.253 e. The van der Waals surface area contributed by atoms with Crippen LogP contribution in [0.1, 0.15) is 52.9 Å². The Morgan fingerprint density at radius 2 is 1.64 bits per heavy atom. The molecule has 5 nitrogen and oxygen atoms in total. The minimum atomic E-state index is -0.200. The van der Waals surface area contributed by atoms with E-state index < -0.39 is 0 Å². The first kappa shape index (κ1) is 18.2. The third kappa shape index (κ3) is 3.96. The molecule has 2 heterocycles. The number of hydrogen-bond acceptors (Lipinski definition) is 3. The van der Waals surface area contributed by atoms with Gasteiger partial charge in [0.1, 0.15) is 0 Å². The second-order valence-corrected chi connectivity index (χ2v) is 8.97. The van der Waals surface area contributed by atoms with Crippen molar-refractivity contribution in [2.75, 3.05) is 19.6 Å². The summed E-state index contributed by atoms with van der Waals surface area (Å²) in [5.41, 5.74) is 0.259. The minimum Gasteiger partial charge on any atom is -0.342 e. The highest BCUT2D eigenvalue weighted by molar-refractivity contribution is 6.12. The van der Waals surface area contributed by atoms with Crippen molar-refractivity contribution >= 4 is 17.7 Å². The molecule has 2 fully saturated rings. The number of hydrogen-bond donors (Lipinski definition) is 0. The molecule has 2 aliphatic heterocycles. The molecule has 0 radical (unpaired) electrons. The molecular weight excluding hydrogens is 316 g/mol. The van der Waals surface area contributed by atoms with Crippen LogP contribution in [-0.4, -0.2) is 47.2 Å².